The second-order valence-corrected chi connectivity index (χ2v) is 3.42. The molecule has 0 saturated carbocycles. The van der Waals surface area contributed by atoms with Crippen molar-refractivity contribution in [2.45, 2.75) is 20.3 Å². The lowest BCUT2D eigenvalue weighted by Gasteiger charge is -2.03. The van der Waals surface area contributed by atoms with Crippen molar-refractivity contribution in [2.24, 2.45) is 0 Å². The molecule has 0 fully saturated rings. The van der Waals surface area contributed by atoms with Gasteiger partial charge in [-0.1, -0.05) is 0 Å². The predicted octanol–water partition coefficient (Wildman–Crippen LogP) is 2.01. The molecule has 0 bridgehead atoms. The van der Waals surface area contributed by atoms with E-state index in [0.717, 1.165) is 23.5 Å². The van der Waals surface area contributed by atoms with E-state index in [0.29, 0.717) is 0 Å². The zero-order chi connectivity index (χ0) is 9.97. The summed E-state index contributed by atoms with van der Waals surface area (Å²) in [4.78, 5) is 11.9. The molecule has 0 saturated heterocycles. The summed E-state index contributed by atoms with van der Waals surface area (Å²) in [5, 5.41) is 0. The van der Waals surface area contributed by atoms with Crippen LogP contribution in [0.2, 0.25) is 0 Å². The number of aromatic amines is 1. The van der Waals surface area contributed by atoms with Gasteiger partial charge < -0.3 is 4.98 Å². The van der Waals surface area contributed by atoms with Crippen molar-refractivity contribution in [2.75, 3.05) is 0 Å². The summed E-state index contributed by atoms with van der Waals surface area (Å²) in [6.07, 6.45) is 4.56. The number of aromatic nitrogens is 3. The molecule has 0 aliphatic carbocycles. The summed E-state index contributed by atoms with van der Waals surface area (Å²) in [5.41, 5.74) is 4.20. The molecule has 0 aliphatic rings. The van der Waals surface area contributed by atoms with Crippen molar-refractivity contribution in [3.63, 3.8) is 0 Å². The van der Waals surface area contributed by atoms with Crippen LogP contribution >= 0.6 is 0 Å². The summed E-state index contributed by atoms with van der Waals surface area (Å²) in [6, 6.07) is 4.05. The van der Waals surface area contributed by atoms with E-state index >= 15 is 0 Å². The molecular formula is C11H13N3. The fraction of sp³-hybridized carbons (Fsp3) is 0.273. The number of rotatable bonds is 2. The van der Waals surface area contributed by atoms with E-state index in [1.165, 1.54) is 5.69 Å². The summed E-state index contributed by atoms with van der Waals surface area (Å²) in [6.45, 7) is 3.96. The average molecular weight is 187 g/mol. The summed E-state index contributed by atoms with van der Waals surface area (Å²) in [7, 11) is 0. The molecule has 14 heavy (non-hydrogen) atoms. The third-order valence-corrected chi connectivity index (χ3v) is 2.19. The Morgan fingerprint density at radius 3 is 2.86 bits per heavy atom. The summed E-state index contributed by atoms with van der Waals surface area (Å²) < 4.78 is 0. The summed E-state index contributed by atoms with van der Waals surface area (Å²) >= 11 is 0. The highest BCUT2D eigenvalue weighted by atomic mass is 14.8. The summed E-state index contributed by atoms with van der Waals surface area (Å²) in [5.74, 6) is 0. The highest BCUT2D eigenvalue weighted by Crippen LogP contribution is 2.08. The number of nitrogens with zero attached hydrogens (tertiary/aromatic N) is 2. The fourth-order valence-corrected chi connectivity index (χ4v) is 1.45. The van der Waals surface area contributed by atoms with Gasteiger partial charge in [-0.2, -0.15) is 0 Å². The molecular weight excluding hydrogens is 174 g/mol. The van der Waals surface area contributed by atoms with Crippen LogP contribution in [0.1, 0.15) is 22.8 Å². The van der Waals surface area contributed by atoms with Gasteiger partial charge in [0.2, 0.25) is 0 Å². The molecule has 0 radical (unpaired) electrons. The third kappa shape index (κ3) is 1.82. The quantitative estimate of drug-likeness (QED) is 0.781. The van der Waals surface area contributed by atoms with Crippen LogP contribution in [0.25, 0.3) is 0 Å². The molecule has 0 spiro atoms. The molecule has 3 heteroatoms. The SMILES string of the molecule is Cc1cnc(Cc2ccc[nH]2)c(C)n1. The van der Waals surface area contributed by atoms with E-state index in [1.54, 1.807) is 0 Å². The second-order valence-electron chi connectivity index (χ2n) is 3.42. The molecule has 3 nitrogen and oxygen atoms in total. The molecule has 0 atom stereocenters. The fourth-order valence-electron chi connectivity index (χ4n) is 1.45. The Kier molecular flexibility index (Phi) is 2.31. The zero-order valence-corrected chi connectivity index (χ0v) is 8.41. The van der Waals surface area contributed by atoms with Gasteiger partial charge in [0.1, 0.15) is 0 Å². The van der Waals surface area contributed by atoms with E-state index in [-0.39, 0.29) is 0 Å². The minimum atomic E-state index is 0.826. The molecule has 2 heterocycles. The van der Waals surface area contributed by atoms with Gasteiger partial charge in [-0.05, 0) is 26.0 Å². The second kappa shape index (κ2) is 3.62. The van der Waals surface area contributed by atoms with Crippen LogP contribution in [0.15, 0.2) is 24.5 Å². The van der Waals surface area contributed by atoms with Crippen molar-refractivity contribution < 1.29 is 0 Å². The van der Waals surface area contributed by atoms with E-state index in [2.05, 4.69) is 21.0 Å². The molecule has 0 unspecified atom stereocenters. The van der Waals surface area contributed by atoms with Crippen LogP contribution in [0.3, 0.4) is 0 Å². The Bertz CT molecular complexity index is 418. The van der Waals surface area contributed by atoms with Gasteiger partial charge in [0.25, 0.3) is 0 Å². The van der Waals surface area contributed by atoms with Crippen molar-refractivity contribution in [1.82, 2.24) is 15.0 Å². The third-order valence-electron chi connectivity index (χ3n) is 2.19. The normalized spacial score (nSPS) is 10.4. The highest BCUT2D eigenvalue weighted by Gasteiger charge is 2.03. The van der Waals surface area contributed by atoms with Crippen LogP contribution < -0.4 is 0 Å². The van der Waals surface area contributed by atoms with E-state index in [9.17, 15) is 0 Å². The maximum atomic E-state index is 4.38. The first kappa shape index (κ1) is 8.94. The van der Waals surface area contributed by atoms with Gasteiger partial charge in [-0.15, -0.1) is 0 Å². The van der Waals surface area contributed by atoms with E-state index < -0.39 is 0 Å². The first-order chi connectivity index (χ1) is 6.75. The zero-order valence-electron chi connectivity index (χ0n) is 8.41. The van der Waals surface area contributed by atoms with Crippen LogP contribution in [-0.2, 0) is 6.42 Å². The molecule has 72 valence electrons. The number of nitrogens with one attached hydrogen (secondary N) is 1. The first-order valence-corrected chi connectivity index (χ1v) is 4.67. The van der Waals surface area contributed by atoms with Crippen LogP contribution in [-0.4, -0.2) is 15.0 Å². The van der Waals surface area contributed by atoms with Gasteiger partial charge in [0.15, 0.2) is 0 Å². The Balaban J connectivity index is 2.25. The van der Waals surface area contributed by atoms with Crippen LogP contribution in [0.4, 0.5) is 0 Å². The first-order valence-electron chi connectivity index (χ1n) is 4.67. The molecule has 0 aromatic carbocycles. The minimum Gasteiger partial charge on any atom is -0.365 e. The number of hydrogen-bond acceptors (Lipinski definition) is 2. The Labute approximate surface area is 83.2 Å². The van der Waals surface area contributed by atoms with Crippen LogP contribution in [0.5, 0.6) is 0 Å². The van der Waals surface area contributed by atoms with Crippen molar-refractivity contribution in [3.8, 4) is 0 Å². The van der Waals surface area contributed by atoms with Gasteiger partial charge in [-0.3, -0.25) is 9.97 Å². The number of H-pyrrole nitrogens is 1. The van der Waals surface area contributed by atoms with Gasteiger partial charge in [-0.25, -0.2) is 0 Å². The molecule has 2 rings (SSSR count). The lowest BCUT2D eigenvalue weighted by Crippen LogP contribution is -1.99. The molecule has 1 N–H and O–H groups in total. The molecule has 2 aromatic heterocycles. The van der Waals surface area contributed by atoms with Crippen LogP contribution in [0, 0.1) is 13.8 Å². The predicted molar refractivity (Wildman–Crippen MR) is 55.1 cm³/mol. The van der Waals surface area contributed by atoms with Crippen molar-refractivity contribution in [3.05, 3.63) is 47.3 Å². The minimum absolute atomic E-state index is 0.826. The number of hydrogen-bond donors (Lipinski definition) is 1. The average Bonchev–Trinajstić information content (AvgIpc) is 2.62. The maximum absolute atomic E-state index is 4.38. The Morgan fingerprint density at radius 2 is 2.21 bits per heavy atom. The van der Waals surface area contributed by atoms with Crippen molar-refractivity contribution in [1.29, 1.82) is 0 Å². The topological polar surface area (TPSA) is 41.6 Å². The highest BCUT2D eigenvalue weighted by molar-refractivity contribution is 5.19. The molecule has 0 aliphatic heterocycles. The molecule has 0 amide bonds. The van der Waals surface area contributed by atoms with Gasteiger partial charge >= 0.3 is 0 Å². The van der Waals surface area contributed by atoms with Gasteiger partial charge in [0.05, 0.1) is 17.1 Å². The van der Waals surface area contributed by atoms with Gasteiger partial charge in [0, 0.05) is 24.5 Å². The monoisotopic (exact) mass is 187 g/mol. The lowest BCUT2D eigenvalue weighted by atomic mass is 10.2. The Hall–Kier alpha value is -1.64. The maximum Gasteiger partial charge on any atom is 0.0674 e. The molecule has 2 aromatic rings. The number of aryl methyl sites for hydroxylation is 2. The van der Waals surface area contributed by atoms with E-state index in [4.69, 9.17) is 0 Å². The smallest absolute Gasteiger partial charge is 0.0674 e. The standard InChI is InChI=1S/C11H13N3/c1-8-7-13-11(9(2)14-8)6-10-4-3-5-12-10/h3-5,7,12H,6H2,1-2H3. The van der Waals surface area contributed by atoms with Crippen molar-refractivity contribution >= 4 is 0 Å². The van der Waals surface area contributed by atoms with E-state index in [1.807, 2.05) is 32.3 Å². The Morgan fingerprint density at radius 1 is 1.36 bits per heavy atom. The largest absolute Gasteiger partial charge is 0.365 e. The lowest BCUT2D eigenvalue weighted by molar-refractivity contribution is 0.938.